The molecule has 132 valence electrons. The largest absolute Gasteiger partial charge is 0.466 e. The second-order valence-corrected chi connectivity index (χ2v) is 6.21. The van der Waals surface area contributed by atoms with Gasteiger partial charge in [0.15, 0.2) is 0 Å². The van der Waals surface area contributed by atoms with Crippen LogP contribution in [0.5, 0.6) is 0 Å². The Morgan fingerprint density at radius 2 is 2.04 bits per heavy atom. The molecule has 0 radical (unpaired) electrons. The fraction of sp³-hybridized carbons (Fsp3) is 0.556. The molecule has 0 saturated carbocycles. The maximum atomic E-state index is 13.2. The van der Waals surface area contributed by atoms with Crippen molar-refractivity contribution in [3.05, 3.63) is 35.6 Å². The number of esters is 1. The van der Waals surface area contributed by atoms with Crippen LogP contribution in [0.2, 0.25) is 0 Å². The van der Waals surface area contributed by atoms with Gasteiger partial charge in [0, 0.05) is 19.6 Å². The van der Waals surface area contributed by atoms with Crippen LogP contribution in [0.25, 0.3) is 0 Å². The van der Waals surface area contributed by atoms with Crippen LogP contribution >= 0.6 is 0 Å². The lowest BCUT2D eigenvalue weighted by atomic mass is 9.97. The molecule has 0 unspecified atom stereocenters. The van der Waals surface area contributed by atoms with Crippen molar-refractivity contribution in [1.82, 2.24) is 9.80 Å². The fourth-order valence-corrected chi connectivity index (χ4v) is 2.96. The van der Waals surface area contributed by atoms with E-state index in [-0.39, 0.29) is 30.2 Å². The lowest BCUT2D eigenvalue weighted by Crippen LogP contribution is -2.44. The van der Waals surface area contributed by atoms with Gasteiger partial charge in [0.1, 0.15) is 5.82 Å². The molecule has 1 amide bonds. The second kappa shape index (κ2) is 8.78. The minimum atomic E-state index is -0.270. The number of hydrogen-bond donors (Lipinski definition) is 0. The van der Waals surface area contributed by atoms with Crippen LogP contribution in [0.1, 0.15) is 25.3 Å². The summed E-state index contributed by atoms with van der Waals surface area (Å²) in [4.78, 5) is 27.7. The van der Waals surface area contributed by atoms with E-state index in [1.165, 1.54) is 12.1 Å². The number of likely N-dealkylation sites (tertiary alicyclic amines) is 1. The second-order valence-electron chi connectivity index (χ2n) is 6.21. The molecule has 6 heteroatoms. The summed E-state index contributed by atoms with van der Waals surface area (Å²) >= 11 is 0. The predicted molar refractivity (Wildman–Crippen MR) is 88.7 cm³/mol. The normalized spacial score (nSPS) is 15.6. The van der Waals surface area contributed by atoms with Gasteiger partial charge < -0.3 is 9.64 Å². The number of amides is 1. The number of benzene rings is 1. The van der Waals surface area contributed by atoms with Gasteiger partial charge in [-0.1, -0.05) is 12.1 Å². The third kappa shape index (κ3) is 5.30. The Hall–Kier alpha value is -1.95. The number of nitrogens with zero attached hydrogens (tertiary/aromatic N) is 2. The number of hydrogen-bond acceptors (Lipinski definition) is 4. The molecule has 24 heavy (non-hydrogen) atoms. The van der Waals surface area contributed by atoms with Crippen LogP contribution in [0, 0.1) is 11.7 Å². The first kappa shape index (κ1) is 18.4. The molecule has 0 aliphatic carbocycles. The molecule has 1 heterocycles. The topological polar surface area (TPSA) is 49.9 Å². The summed E-state index contributed by atoms with van der Waals surface area (Å²) in [5.74, 6) is -0.490. The van der Waals surface area contributed by atoms with Crippen molar-refractivity contribution in [1.29, 1.82) is 0 Å². The maximum Gasteiger partial charge on any atom is 0.309 e. The van der Waals surface area contributed by atoms with Gasteiger partial charge in [-0.3, -0.25) is 14.5 Å². The van der Waals surface area contributed by atoms with Gasteiger partial charge in [0.05, 0.1) is 19.1 Å². The fourth-order valence-electron chi connectivity index (χ4n) is 2.96. The molecule has 0 aromatic heterocycles. The van der Waals surface area contributed by atoms with Gasteiger partial charge >= 0.3 is 5.97 Å². The Kier molecular flexibility index (Phi) is 6.73. The lowest BCUT2D eigenvalue weighted by molar-refractivity contribution is -0.151. The highest BCUT2D eigenvalue weighted by Gasteiger charge is 2.28. The van der Waals surface area contributed by atoms with Crippen LogP contribution in [-0.2, 0) is 20.9 Å². The number of piperidine rings is 1. The molecule has 1 fully saturated rings. The van der Waals surface area contributed by atoms with Gasteiger partial charge in [-0.15, -0.1) is 0 Å². The first-order valence-corrected chi connectivity index (χ1v) is 8.37. The molecule has 1 aromatic rings. The minimum Gasteiger partial charge on any atom is -0.466 e. The summed E-state index contributed by atoms with van der Waals surface area (Å²) in [6.45, 7) is 4.14. The number of halogens is 1. The molecule has 0 bridgehead atoms. The van der Waals surface area contributed by atoms with Gasteiger partial charge in [0.2, 0.25) is 5.91 Å². The third-order valence-corrected chi connectivity index (χ3v) is 4.21. The van der Waals surface area contributed by atoms with Crippen LogP contribution in [0.4, 0.5) is 4.39 Å². The summed E-state index contributed by atoms with van der Waals surface area (Å²) in [5, 5.41) is 0. The highest BCUT2D eigenvalue weighted by atomic mass is 19.1. The molecule has 1 aliphatic heterocycles. The van der Waals surface area contributed by atoms with Crippen LogP contribution < -0.4 is 0 Å². The molecule has 5 nitrogen and oxygen atoms in total. The van der Waals surface area contributed by atoms with Crippen molar-refractivity contribution < 1.29 is 18.7 Å². The average molecular weight is 336 g/mol. The number of ether oxygens (including phenoxy) is 1. The van der Waals surface area contributed by atoms with E-state index in [2.05, 4.69) is 0 Å². The quantitative estimate of drug-likeness (QED) is 0.746. The first-order chi connectivity index (χ1) is 11.5. The van der Waals surface area contributed by atoms with E-state index in [1.54, 1.807) is 17.9 Å². The Morgan fingerprint density at radius 1 is 1.33 bits per heavy atom. The first-order valence-electron chi connectivity index (χ1n) is 8.37. The zero-order valence-electron chi connectivity index (χ0n) is 14.3. The van der Waals surface area contributed by atoms with E-state index in [1.807, 2.05) is 18.0 Å². The summed E-state index contributed by atoms with van der Waals surface area (Å²) in [6.07, 6.45) is 1.30. The van der Waals surface area contributed by atoms with Crippen LogP contribution in [0.15, 0.2) is 24.3 Å². The minimum absolute atomic E-state index is 0.0382. The Bertz CT molecular complexity index is 571. The Morgan fingerprint density at radius 3 is 2.67 bits per heavy atom. The molecule has 1 saturated heterocycles. The van der Waals surface area contributed by atoms with Gasteiger partial charge in [-0.05, 0) is 44.5 Å². The summed E-state index contributed by atoms with van der Waals surface area (Å²) in [6, 6.07) is 6.39. The van der Waals surface area contributed by atoms with Crippen LogP contribution in [-0.4, -0.2) is 55.0 Å². The number of rotatable bonds is 6. The van der Waals surface area contributed by atoms with E-state index in [0.29, 0.717) is 39.1 Å². The Labute approximate surface area is 142 Å². The van der Waals surface area contributed by atoms with E-state index in [4.69, 9.17) is 4.74 Å². The number of carbonyl (C=O) groups excluding carboxylic acids is 2. The molecular weight excluding hydrogens is 311 g/mol. The van der Waals surface area contributed by atoms with E-state index in [9.17, 15) is 14.0 Å². The molecule has 0 atom stereocenters. The zero-order valence-corrected chi connectivity index (χ0v) is 14.3. The summed E-state index contributed by atoms with van der Waals surface area (Å²) in [5.41, 5.74) is 0.839. The maximum absolute atomic E-state index is 13.2. The number of likely N-dealkylation sites (N-methyl/N-ethyl adjacent to an activating group) is 1. The third-order valence-electron chi connectivity index (χ3n) is 4.21. The van der Waals surface area contributed by atoms with Crippen molar-refractivity contribution in [3.8, 4) is 0 Å². The van der Waals surface area contributed by atoms with Crippen molar-refractivity contribution in [2.75, 3.05) is 33.3 Å². The van der Waals surface area contributed by atoms with Crippen molar-refractivity contribution in [2.24, 2.45) is 5.92 Å². The molecule has 1 aromatic carbocycles. The lowest BCUT2D eigenvalue weighted by Gasteiger charge is -2.32. The van der Waals surface area contributed by atoms with Gasteiger partial charge in [-0.25, -0.2) is 4.39 Å². The van der Waals surface area contributed by atoms with Gasteiger partial charge in [0.25, 0.3) is 0 Å². The summed E-state index contributed by atoms with van der Waals surface area (Å²) < 4.78 is 18.2. The Balaban J connectivity index is 1.77. The molecular formula is C18H25FN2O3. The van der Waals surface area contributed by atoms with E-state index < -0.39 is 0 Å². The SMILES string of the molecule is CCOC(=O)C1CCN(C(=O)CN(C)Cc2cccc(F)c2)CC1. The highest BCUT2D eigenvalue weighted by Crippen LogP contribution is 2.19. The average Bonchev–Trinajstić information content (AvgIpc) is 2.55. The monoisotopic (exact) mass is 336 g/mol. The van der Waals surface area contributed by atoms with Crippen molar-refractivity contribution >= 4 is 11.9 Å². The van der Waals surface area contributed by atoms with E-state index >= 15 is 0 Å². The van der Waals surface area contributed by atoms with Crippen molar-refractivity contribution in [3.63, 3.8) is 0 Å². The predicted octanol–water partition coefficient (Wildman–Crippen LogP) is 2.06. The smallest absolute Gasteiger partial charge is 0.309 e. The van der Waals surface area contributed by atoms with Crippen LogP contribution in [0.3, 0.4) is 0 Å². The molecule has 0 spiro atoms. The standard InChI is InChI=1S/C18H25FN2O3/c1-3-24-18(23)15-7-9-21(10-8-15)17(22)13-20(2)12-14-5-4-6-16(19)11-14/h4-6,11,15H,3,7-10,12-13H2,1-2H3. The van der Waals surface area contributed by atoms with E-state index in [0.717, 1.165) is 5.56 Å². The molecule has 0 N–H and O–H groups in total. The highest BCUT2D eigenvalue weighted by molar-refractivity contribution is 5.79. The van der Waals surface area contributed by atoms with Crippen molar-refractivity contribution in [2.45, 2.75) is 26.3 Å². The zero-order chi connectivity index (χ0) is 17.5. The molecule has 2 rings (SSSR count). The van der Waals surface area contributed by atoms with Gasteiger partial charge in [-0.2, -0.15) is 0 Å². The summed E-state index contributed by atoms with van der Waals surface area (Å²) in [7, 11) is 1.84. The molecule has 1 aliphatic rings. The number of carbonyl (C=O) groups is 2.